The zero-order valence-electron chi connectivity index (χ0n) is 19.2. The van der Waals surface area contributed by atoms with Gasteiger partial charge in [-0.15, -0.1) is 0 Å². The van der Waals surface area contributed by atoms with Crippen molar-refractivity contribution in [2.45, 2.75) is 71.5 Å². The number of amides is 2. The Bertz CT molecular complexity index is 903. The highest BCUT2D eigenvalue weighted by Gasteiger charge is 2.30. The molecule has 1 saturated carbocycles. The Kier molecular flexibility index (Phi) is 8.57. The predicted molar refractivity (Wildman–Crippen MR) is 128 cm³/mol. The lowest BCUT2D eigenvalue weighted by atomic mass is 10.1. The van der Waals surface area contributed by atoms with E-state index < -0.39 is 6.04 Å². The van der Waals surface area contributed by atoms with Crippen LogP contribution >= 0.6 is 11.6 Å². The number of ether oxygens (including phenoxy) is 1. The maximum absolute atomic E-state index is 13.3. The number of benzene rings is 2. The molecular weight excluding hydrogens is 424 g/mol. The first kappa shape index (κ1) is 24.1. The fourth-order valence-electron chi connectivity index (χ4n) is 4.28. The van der Waals surface area contributed by atoms with Gasteiger partial charge in [-0.25, -0.2) is 0 Å². The molecule has 1 aliphatic rings. The number of hydrogen-bond acceptors (Lipinski definition) is 3. The van der Waals surface area contributed by atoms with Crippen molar-refractivity contribution in [3.63, 3.8) is 0 Å². The molecule has 0 spiro atoms. The fraction of sp³-hybridized carbons (Fsp3) is 0.462. The van der Waals surface area contributed by atoms with Gasteiger partial charge < -0.3 is 15.0 Å². The van der Waals surface area contributed by atoms with Crippen LogP contribution in [0.3, 0.4) is 0 Å². The first-order chi connectivity index (χ1) is 15.4. The zero-order valence-corrected chi connectivity index (χ0v) is 20.0. The van der Waals surface area contributed by atoms with Crippen LogP contribution in [0, 0.1) is 13.8 Å². The van der Waals surface area contributed by atoms with Gasteiger partial charge in [-0.2, -0.15) is 0 Å². The van der Waals surface area contributed by atoms with Crippen molar-refractivity contribution >= 4 is 23.4 Å². The average Bonchev–Trinajstić information content (AvgIpc) is 3.29. The SMILES string of the molecule is CCC(C(=O)NC1CCCC1)N(Cc1ccccc1)C(=O)COc1cc(C)c(Cl)c(C)c1. The molecule has 1 unspecified atom stereocenters. The second kappa shape index (κ2) is 11.4. The molecule has 6 heteroatoms. The summed E-state index contributed by atoms with van der Waals surface area (Å²) in [6, 6.07) is 13.1. The van der Waals surface area contributed by atoms with Gasteiger partial charge in [0.2, 0.25) is 5.91 Å². The molecule has 1 N–H and O–H groups in total. The number of nitrogens with one attached hydrogen (secondary N) is 1. The Morgan fingerprint density at radius 1 is 1.12 bits per heavy atom. The summed E-state index contributed by atoms with van der Waals surface area (Å²) in [6.07, 6.45) is 4.83. The third kappa shape index (κ3) is 6.26. The number of nitrogens with zero attached hydrogens (tertiary/aromatic N) is 1. The monoisotopic (exact) mass is 456 g/mol. The minimum Gasteiger partial charge on any atom is -0.484 e. The summed E-state index contributed by atoms with van der Waals surface area (Å²) in [5, 5.41) is 3.86. The highest BCUT2D eigenvalue weighted by Crippen LogP contribution is 2.26. The summed E-state index contributed by atoms with van der Waals surface area (Å²) in [5.41, 5.74) is 2.78. The van der Waals surface area contributed by atoms with E-state index in [2.05, 4.69) is 5.32 Å². The highest BCUT2D eigenvalue weighted by molar-refractivity contribution is 6.32. The predicted octanol–water partition coefficient (Wildman–Crippen LogP) is 5.20. The molecule has 0 saturated heterocycles. The number of halogens is 1. The van der Waals surface area contributed by atoms with Crippen LogP contribution in [0.2, 0.25) is 5.02 Å². The molecule has 2 aromatic carbocycles. The smallest absolute Gasteiger partial charge is 0.261 e. The molecule has 0 radical (unpaired) electrons. The van der Waals surface area contributed by atoms with Crippen molar-refractivity contribution in [3.05, 3.63) is 64.2 Å². The molecule has 1 atom stereocenters. The third-order valence-corrected chi connectivity index (χ3v) is 6.65. The van der Waals surface area contributed by atoms with Gasteiger partial charge in [-0.3, -0.25) is 9.59 Å². The van der Waals surface area contributed by atoms with Gasteiger partial charge in [-0.1, -0.05) is 61.7 Å². The zero-order chi connectivity index (χ0) is 23.1. The summed E-state index contributed by atoms with van der Waals surface area (Å²) in [7, 11) is 0. The van der Waals surface area contributed by atoms with Crippen LogP contribution in [0.25, 0.3) is 0 Å². The Morgan fingerprint density at radius 2 is 1.75 bits per heavy atom. The standard InChI is InChI=1S/C26H33ClN2O3/c1-4-23(26(31)28-21-12-8-9-13-21)29(16-20-10-6-5-7-11-20)24(30)17-32-22-14-18(2)25(27)19(3)15-22/h5-7,10-11,14-15,21,23H,4,8-9,12-13,16-17H2,1-3H3,(H,28,31). The molecule has 1 fully saturated rings. The summed E-state index contributed by atoms with van der Waals surface area (Å²) >= 11 is 6.24. The maximum atomic E-state index is 13.3. The molecule has 5 nitrogen and oxygen atoms in total. The Labute approximate surface area is 196 Å². The van der Waals surface area contributed by atoms with E-state index in [0.717, 1.165) is 42.4 Å². The van der Waals surface area contributed by atoms with Crippen LogP contribution in [0.1, 0.15) is 55.7 Å². The summed E-state index contributed by atoms with van der Waals surface area (Å²) in [5.74, 6) is 0.301. The van der Waals surface area contributed by atoms with Crippen molar-refractivity contribution in [3.8, 4) is 5.75 Å². The molecule has 0 bridgehead atoms. The van der Waals surface area contributed by atoms with Crippen molar-refractivity contribution in [1.82, 2.24) is 10.2 Å². The van der Waals surface area contributed by atoms with Gasteiger partial charge in [0.1, 0.15) is 11.8 Å². The number of aryl methyl sites for hydroxylation is 2. The molecule has 2 amide bonds. The average molecular weight is 457 g/mol. The van der Waals surface area contributed by atoms with Crippen molar-refractivity contribution in [1.29, 1.82) is 0 Å². The van der Waals surface area contributed by atoms with Crippen molar-refractivity contribution < 1.29 is 14.3 Å². The summed E-state index contributed by atoms with van der Waals surface area (Å²) in [4.78, 5) is 28.0. The normalized spacial score (nSPS) is 14.8. The summed E-state index contributed by atoms with van der Waals surface area (Å²) < 4.78 is 5.83. The lowest BCUT2D eigenvalue weighted by molar-refractivity contribution is -0.143. The Morgan fingerprint density at radius 3 is 2.34 bits per heavy atom. The Balaban J connectivity index is 1.75. The van der Waals surface area contributed by atoms with E-state index in [-0.39, 0.29) is 24.5 Å². The molecule has 32 heavy (non-hydrogen) atoms. The lowest BCUT2D eigenvalue weighted by Gasteiger charge is -2.31. The van der Waals surface area contributed by atoms with Crippen molar-refractivity contribution in [2.75, 3.05) is 6.61 Å². The van der Waals surface area contributed by atoms with Gasteiger partial charge in [0.15, 0.2) is 6.61 Å². The molecule has 3 rings (SSSR count). The molecule has 0 aromatic heterocycles. The third-order valence-electron chi connectivity index (χ3n) is 6.06. The van der Waals surface area contributed by atoms with Crippen molar-refractivity contribution in [2.24, 2.45) is 0 Å². The van der Waals surface area contributed by atoms with Gasteiger partial charge in [0.05, 0.1) is 0 Å². The minimum atomic E-state index is -0.541. The van der Waals surface area contributed by atoms with E-state index in [4.69, 9.17) is 16.3 Å². The number of rotatable bonds is 9. The van der Waals surface area contributed by atoms with Gasteiger partial charge in [-0.05, 0) is 61.9 Å². The molecular formula is C26H33ClN2O3. The minimum absolute atomic E-state index is 0.0816. The second-order valence-corrected chi connectivity index (χ2v) is 8.96. The maximum Gasteiger partial charge on any atom is 0.261 e. The molecule has 0 heterocycles. The molecule has 2 aromatic rings. The number of carbonyl (C=O) groups is 2. The van der Waals surface area contributed by atoms with Crippen LogP contribution < -0.4 is 10.1 Å². The Hall–Kier alpha value is -2.53. The van der Waals surface area contributed by atoms with Gasteiger partial charge >= 0.3 is 0 Å². The fourth-order valence-corrected chi connectivity index (χ4v) is 4.39. The van der Waals surface area contributed by atoms with E-state index in [1.54, 1.807) is 4.90 Å². The van der Waals surface area contributed by atoms with E-state index >= 15 is 0 Å². The quantitative estimate of drug-likeness (QED) is 0.564. The van der Waals surface area contributed by atoms with Crippen LogP contribution in [0.15, 0.2) is 42.5 Å². The highest BCUT2D eigenvalue weighted by atomic mass is 35.5. The number of carbonyl (C=O) groups excluding carboxylic acids is 2. The van der Waals surface area contributed by atoms with Crippen LogP contribution in [0.5, 0.6) is 5.75 Å². The van der Waals surface area contributed by atoms with Gasteiger partial charge in [0, 0.05) is 17.6 Å². The molecule has 172 valence electrons. The van der Waals surface area contributed by atoms with E-state index in [0.29, 0.717) is 23.7 Å². The topological polar surface area (TPSA) is 58.6 Å². The van der Waals surface area contributed by atoms with E-state index in [1.165, 1.54) is 0 Å². The van der Waals surface area contributed by atoms with Crippen LogP contribution in [-0.2, 0) is 16.1 Å². The summed E-state index contributed by atoms with van der Waals surface area (Å²) in [6.45, 7) is 5.98. The molecule has 0 aliphatic heterocycles. The van der Waals surface area contributed by atoms with Crippen LogP contribution in [0.4, 0.5) is 0 Å². The van der Waals surface area contributed by atoms with Gasteiger partial charge in [0.25, 0.3) is 5.91 Å². The lowest BCUT2D eigenvalue weighted by Crippen LogP contribution is -2.52. The number of hydrogen-bond donors (Lipinski definition) is 1. The second-order valence-electron chi connectivity index (χ2n) is 8.58. The first-order valence-electron chi connectivity index (χ1n) is 11.4. The first-order valence-corrected chi connectivity index (χ1v) is 11.8. The molecule has 1 aliphatic carbocycles. The van der Waals surface area contributed by atoms with E-state index in [1.807, 2.05) is 63.2 Å². The van der Waals surface area contributed by atoms with Crippen LogP contribution in [-0.4, -0.2) is 35.4 Å². The van der Waals surface area contributed by atoms with E-state index in [9.17, 15) is 9.59 Å². The largest absolute Gasteiger partial charge is 0.484 e.